The predicted octanol–water partition coefficient (Wildman–Crippen LogP) is 3.57. The first-order valence-electron chi connectivity index (χ1n) is 8.12. The van der Waals surface area contributed by atoms with Gasteiger partial charge in [-0.1, -0.05) is 24.3 Å². The minimum atomic E-state index is -0.399. The summed E-state index contributed by atoms with van der Waals surface area (Å²) in [5.74, 6) is 0.616. The summed E-state index contributed by atoms with van der Waals surface area (Å²) in [6.45, 7) is 0. The molecule has 3 aromatic rings. The lowest BCUT2D eigenvalue weighted by Crippen LogP contribution is -2.42. The molecule has 0 spiro atoms. The van der Waals surface area contributed by atoms with Crippen LogP contribution in [0.3, 0.4) is 0 Å². The molecule has 6 nitrogen and oxygen atoms in total. The van der Waals surface area contributed by atoms with Gasteiger partial charge in [-0.2, -0.15) is 0 Å². The number of hydrogen-bond donors (Lipinski definition) is 0. The fourth-order valence-corrected chi connectivity index (χ4v) is 2.51. The molecule has 6 heteroatoms. The molecule has 0 saturated carbocycles. The third-order valence-corrected chi connectivity index (χ3v) is 3.88. The standard InChI is InChI=1S/C20H19N4O2/c1-22(2)18-11-13-23(14-12-18)20(21-17-8-4-3-5-9-17)16-7-6-10-19(15-16)24(25)26/h3-15H,1-2H3/q+1. The zero-order valence-corrected chi connectivity index (χ0v) is 14.6. The lowest BCUT2D eigenvalue weighted by molar-refractivity contribution is -0.554. The zero-order chi connectivity index (χ0) is 18.5. The molecule has 1 aromatic heterocycles. The van der Waals surface area contributed by atoms with Gasteiger partial charge in [0, 0.05) is 44.0 Å². The van der Waals surface area contributed by atoms with E-state index in [1.807, 2.05) is 84.5 Å². The van der Waals surface area contributed by atoms with Crippen LogP contribution < -0.4 is 9.47 Å². The van der Waals surface area contributed by atoms with Crippen LogP contribution in [-0.4, -0.2) is 24.9 Å². The molecule has 0 fully saturated rings. The van der Waals surface area contributed by atoms with Crippen LogP contribution in [-0.2, 0) is 0 Å². The number of nitro groups is 1. The highest BCUT2D eigenvalue weighted by atomic mass is 16.6. The van der Waals surface area contributed by atoms with Crippen LogP contribution in [0.15, 0.2) is 84.1 Å². The van der Waals surface area contributed by atoms with Crippen molar-refractivity contribution < 1.29 is 9.49 Å². The van der Waals surface area contributed by atoms with Crippen molar-refractivity contribution in [1.82, 2.24) is 0 Å². The van der Waals surface area contributed by atoms with Crippen LogP contribution in [0.5, 0.6) is 0 Å². The first-order chi connectivity index (χ1) is 12.5. The number of para-hydroxylation sites is 1. The van der Waals surface area contributed by atoms with E-state index in [0.717, 1.165) is 11.4 Å². The Balaban J connectivity index is 2.12. The highest BCUT2D eigenvalue weighted by molar-refractivity contribution is 5.94. The van der Waals surface area contributed by atoms with Crippen LogP contribution in [0.4, 0.5) is 17.1 Å². The number of hydrogen-bond acceptors (Lipinski definition) is 4. The van der Waals surface area contributed by atoms with Gasteiger partial charge in [0.25, 0.3) is 5.69 Å². The summed E-state index contributed by atoms with van der Waals surface area (Å²) in [6, 6.07) is 20.0. The second kappa shape index (κ2) is 7.57. The zero-order valence-electron chi connectivity index (χ0n) is 14.6. The third-order valence-electron chi connectivity index (χ3n) is 3.88. The van der Waals surface area contributed by atoms with Crippen molar-refractivity contribution in [1.29, 1.82) is 0 Å². The number of nitro benzene ring substituents is 1. The summed E-state index contributed by atoms with van der Waals surface area (Å²) in [5, 5.41) is 11.1. The summed E-state index contributed by atoms with van der Waals surface area (Å²) < 4.78 is 1.86. The lowest BCUT2D eigenvalue weighted by Gasteiger charge is -2.11. The summed E-state index contributed by atoms with van der Waals surface area (Å²) in [7, 11) is 3.94. The largest absolute Gasteiger partial charge is 0.377 e. The Morgan fingerprint density at radius 1 is 1.00 bits per heavy atom. The minimum Gasteiger partial charge on any atom is -0.377 e. The average Bonchev–Trinajstić information content (AvgIpc) is 2.67. The van der Waals surface area contributed by atoms with Crippen LogP contribution in [0.1, 0.15) is 5.56 Å². The van der Waals surface area contributed by atoms with Crippen molar-refractivity contribution in [2.75, 3.05) is 19.0 Å². The van der Waals surface area contributed by atoms with Crippen LogP contribution in [0.2, 0.25) is 0 Å². The number of benzene rings is 2. The summed E-state index contributed by atoms with van der Waals surface area (Å²) in [5.41, 5.74) is 2.54. The number of non-ortho nitro benzene ring substituents is 1. The normalized spacial score (nSPS) is 11.2. The molecule has 0 saturated heterocycles. The first-order valence-corrected chi connectivity index (χ1v) is 8.12. The third kappa shape index (κ3) is 3.92. The molecular formula is C20H19N4O2+. The molecule has 0 amide bonds. The summed E-state index contributed by atoms with van der Waals surface area (Å²) in [6.07, 6.45) is 3.80. The molecule has 0 unspecified atom stereocenters. The fraction of sp³-hybridized carbons (Fsp3) is 0.100. The average molecular weight is 347 g/mol. The van der Waals surface area contributed by atoms with Gasteiger partial charge in [0.05, 0.1) is 22.9 Å². The molecular weight excluding hydrogens is 328 g/mol. The van der Waals surface area contributed by atoms with Crippen molar-refractivity contribution >= 4 is 22.9 Å². The van der Waals surface area contributed by atoms with E-state index in [1.54, 1.807) is 6.07 Å². The maximum Gasteiger partial charge on any atom is 0.335 e. The first kappa shape index (κ1) is 17.3. The van der Waals surface area contributed by atoms with E-state index in [9.17, 15) is 10.1 Å². The fourth-order valence-electron chi connectivity index (χ4n) is 2.51. The predicted molar refractivity (Wildman–Crippen MR) is 102 cm³/mol. The smallest absolute Gasteiger partial charge is 0.335 e. The van der Waals surface area contributed by atoms with Crippen LogP contribution >= 0.6 is 0 Å². The van der Waals surface area contributed by atoms with E-state index >= 15 is 0 Å². The summed E-state index contributed by atoms with van der Waals surface area (Å²) >= 11 is 0. The van der Waals surface area contributed by atoms with Gasteiger partial charge in [0.1, 0.15) is 0 Å². The second-order valence-electron chi connectivity index (χ2n) is 5.94. The summed E-state index contributed by atoms with van der Waals surface area (Å²) in [4.78, 5) is 17.5. The number of nitrogens with zero attached hydrogens (tertiary/aromatic N) is 4. The van der Waals surface area contributed by atoms with Gasteiger partial charge >= 0.3 is 5.84 Å². The van der Waals surface area contributed by atoms with Gasteiger partial charge in [0.15, 0.2) is 5.69 Å². The Hall–Kier alpha value is -3.54. The van der Waals surface area contributed by atoms with Crippen LogP contribution in [0, 0.1) is 10.1 Å². The molecule has 0 aliphatic heterocycles. The molecule has 2 aromatic carbocycles. The van der Waals surface area contributed by atoms with Crippen molar-refractivity contribution in [3.05, 3.63) is 94.8 Å². The van der Waals surface area contributed by atoms with Gasteiger partial charge in [-0.25, -0.2) is 4.57 Å². The molecule has 26 heavy (non-hydrogen) atoms. The Kier molecular flexibility index (Phi) is 5.03. The minimum absolute atomic E-state index is 0.0359. The molecule has 0 N–H and O–H groups in total. The van der Waals surface area contributed by atoms with Gasteiger partial charge in [-0.15, -0.1) is 0 Å². The van der Waals surface area contributed by atoms with Gasteiger partial charge in [0.2, 0.25) is 0 Å². The van der Waals surface area contributed by atoms with E-state index in [4.69, 9.17) is 4.99 Å². The van der Waals surface area contributed by atoms with E-state index in [-0.39, 0.29) is 5.69 Å². The Bertz CT molecular complexity index is 936. The number of pyridine rings is 1. The van der Waals surface area contributed by atoms with Crippen molar-refractivity contribution in [3.8, 4) is 0 Å². The van der Waals surface area contributed by atoms with Crippen molar-refractivity contribution in [3.63, 3.8) is 0 Å². The van der Waals surface area contributed by atoms with Gasteiger partial charge in [-0.3, -0.25) is 10.1 Å². The highest BCUT2D eigenvalue weighted by Gasteiger charge is 2.19. The molecule has 0 radical (unpaired) electrons. The quantitative estimate of drug-likeness (QED) is 0.238. The topological polar surface area (TPSA) is 62.6 Å². The van der Waals surface area contributed by atoms with Gasteiger partial charge in [-0.05, 0) is 23.2 Å². The molecule has 130 valence electrons. The van der Waals surface area contributed by atoms with E-state index in [1.165, 1.54) is 12.1 Å². The molecule has 0 atom stereocenters. The van der Waals surface area contributed by atoms with E-state index in [2.05, 4.69) is 0 Å². The second-order valence-corrected chi connectivity index (χ2v) is 5.94. The van der Waals surface area contributed by atoms with Crippen LogP contribution in [0.25, 0.3) is 0 Å². The van der Waals surface area contributed by atoms with Crippen molar-refractivity contribution in [2.45, 2.75) is 0 Å². The van der Waals surface area contributed by atoms with Crippen molar-refractivity contribution in [2.24, 2.45) is 4.99 Å². The monoisotopic (exact) mass is 347 g/mol. The molecule has 0 bridgehead atoms. The van der Waals surface area contributed by atoms with E-state index < -0.39 is 4.92 Å². The number of aliphatic imine (C=N–C) groups is 1. The van der Waals surface area contributed by atoms with E-state index in [0.29, 0.717) is 11.4 Å². The SMILES string of the molecule is CN(C)c1cc[n+](C(=Nc2ccccc2)c2cccc([N+](=O)[O-])c2)cc1. The lowest BCUT2D eigenvalue weighted by atomic mass is 10.1. The molecule has 3 rings (SSSR count). The number of aromatic nitrogens is 1. The Morgan fingerprint density at radius 2 is 1.69 bits per heavy atom. The number of rotatable bonds is 4. The Morgan fingerprint density at radius 3 is 2.31 bits per heavy atom. The van der Waals surface area contributed by atoms with Gasteiger partial charge < -0.3 is 4.90 Å². The maximum absolute atomic E-state index is 11.1. The molecule has 1 heterocycles. The molecule has 0 aliphatic carbocycles. The highest BCUT2D eigenvalue weighted by Crippen LogP contribution is 2.17. The number of anilines is 1. The molecule has 0 aliphatic rings. The maximum atomic E-state index is 11.1. The Labute approximate surface area is 151 Å².